The van der Waals surface area contributed by atoms with Crippen LogP contribution in [0.15, 0.2) is 18.2 Å². The van der Waals surface area contributed by atoms with Crippen molar-refractivity contribution in [2.45, 2.75) is 33.1 Å². The van der Waals surface area contributed by atoms with Crippen LogP contribution in [0, 0.1) is 12.8 Å². The Morgan fingerprint density at radius 3 is 2.69 bits per heavy atom. The molecule has 2 rings (SSSR count). The molecule has 1 atom stereocenters. The molecular formula is C12H15Y+2. The molecule has 1 aromatic rings. The molecule has 0 saturated heterocycles. The molecule has 1 aromatic carbocycles. The summed E-state index contributed by atoms with van der Waals surface area (Å²) in [7, 11) is 0. The van der Waals surface area contributed by atoms with Crippen LogP contribution in [0.4, 0.5) is 0 Å². The van der Waals surface area contributed by atoms with Gasteiger partial charge in [-0.3, -0.25) is 0 Å². The fourth-order valence-corrected chi connectivity index (χ4v) is 2.22. The maximum atomic E-state index is 2.31. The van der Waals surface area contributed by atoms with Crippen LogP contribution < -0.4 is 0 Å². The Kier molecular flexibility index (Phi) is 3.71. The SMILES string of the molecule is Cc1cccc2c1C(C)[C-](C)C2.[Y+3]. The molecule has 0 radical (unpaired) electrons. The zero-order chi connectivity index (χ0) is 8.72. The van der Waals surface area contributed by atoms with Crippen molar-refractivity contribution in [2.24, 2.45) is 0 Å². The monoisotopic (exact) mass is 248 g/mol. The second-order valence-electron chi connectivity index (χ2n) is 3.89. The van der Waals surface area contributed by atoms with E-state index in [4.69, 9.17) is 0 Å². The Labute approximate surface area is 106 Å². The predicted octanol–water partition coefficient (Wildman–Crippen LogP) is 3.25. The van der Waals surface area contributed by atoms with Gasteiger partial charge >= 0.3 is 32.7 Å². The molecule has 0 heterocycles. The minimum absolute atomic E-state index is 0. The van der Waals surface area contributed by atoms with Gasteiger partial charge in [0.15, 0.2) is 0 Å². The summed E-state index contributed by atoms with van der Waals surface area (Å²) in [5.74, 6) is 2.29. The normalized spacial score (nSPS) is 21.0. The Hall–Kier alpha value is 0.324. The summed E-state index contributed by atoms with van der Waals surface area (Å²) in [5.41, 5.74) is 4.58. The van der Waals surface area contributed by atoms with Gasteiger partial charge in [-0.25, -0.2) is 0 Å². The predicted molar refractivity (Wildman–Crippen MR) is 52.2 cm³/mol. The maximum absolute atomic E-state index is 2.31. The summed E-state index contributed by atoms with van der Waals surface area (Å²) in [6.45, 7) is 6.80. The van der Waals surface area contributed by atoms with Crippen molar-refractivity contribution in [3.05, 3.63) is 40.8 Å². The van der Waals surface area contributed by atoms with Gasteiger partial charge in [-0.2, -0.15) is 13.3 Å². The molecule has 0 N–H and O–H groups in total. The Balaban J connectivity index is 0.000000845. The molecule has 1 heteroatoms. The molecule has 0 amide bonds. The van der Waals surface area contributed by atoms with E-state index in [9.17, 15) is 0 Å². The van der Waals surface area contributed by atoms with Crippen LogP contribution in [-0.2, 0) is 39.1 Å². The summed E-state index contributed by atoms with van der Waals surface area (Å²) in [6, 6.07) is 6.64. The van der Waals surface area contributed by atoms with E-state index >= 15 is 0 Å². The second kappa shape index (κ2) is 4.23. The van der Waals surface area contributed by atoms with E-state index in [-0.39, 0.29) is 32.7 Å². The fraction of sp³-hybridized carbons (Fsp3) is 0.417. The van der Waals surface area contributed by atoms with E-state index in [1.165, 1.54) is 12.0 Å². The van der Waals surface area contributed by atoms with Crippen LogP contribution in [0.2, 0.25) is 0 Å². The van der Waals surface area contributed by atoms with Gasteiger partial charge in [0, 0.05) is 0 Å². The molecule has 0 nitrogen and oxygen atoms in total. The number of hydrogen-bond acceptors (Lipinski definition) is 0. The summed E-state index contributed by atoms with van der Waals surface area (Å²) in [6.07, 6.45) is 1.19. The third kappa shape index (κ3) is 1.90. The quantitative estimate of drug-likeness (QED) is 0.618. The average Bonchev–Trinajstić information content (AvgIpc) is 2.29. The molecule has 0 fully saturated rings. The van der Waals surface area contributed by atoms with Gasteiger partial charge in [0.05, 0.1) is 0 Å². The minimum Gasteiger partial charge on any atom is -0.305 e. The molecule has 1 aliphatic rings. The molecule has 0 aromatic heterocycles. The van der Waals surface area contributed by atoms with E-state index in [0.29, 0.717) is 5.92 Å². The zero-order valence-electron chi connectivity index (χ0n) is 8.59. The van der Waals surface area contributed by atoms with E-state index in [1.54, 1.807) is 17.0 Å². The molecule has 1 unspecified atom stereocenters. The smallest absolute Gasteiger partial charge is 0.305 e. The molecule has 1 aliphatic carbocycles. The summed E-state index contributed by atoms with van der Waals surface area (Å²) in [4.78, 5) is 0. The molecule has 0 spiro atoms. The fourth-order valence-electron chi connectivity index (χ4n) is 2.22. The molecule has 13 heavy (non-hydrogen) atoms. The van der Waals surface area contributed by atoms with Gasteiger partial charge < -0.3 is 5.92 Å². The van der Waals surface area contributed by atoms with E-state index in [0.717, 1.165) is 0 Å². The van der Waals surface area contributed by atoms with Crippen LogP contribution in [-0.4, -0.2) is 0 Å². The summed E-state index contributed by atoms with van der Waals surface area (Å²) >= 11 is 0. The van der Waals surface area contributed by atoms with Crippen LogP contribution in [0.1, 0.15) is 36.5 Å². The molecule has 0 saturated carbocycles. The van der Waals surface area contributed by atoms with Gasteiger partial charge in [0.25, 0.3) is 0 Å². The first-order valence-electron chi connectivity index (χ1n) is 4.61. The van der Waals surface area contributed by atoms with Crippen LogP contribution in [0.3, 0.4) is 0 Å². The van der Waals surface area contributed by atoms with Crippen molar-refractivity contribution < 1.29 is 32.7 Å². The average molecular weight is 248 g/mol. The molecule has 64 valence electrons. The van der Waals surface area contributed by atoms with Crippen molar-refractivity contribution in [2.75, 3.05) is 0 Å². The third-order valence-electron chi connectivity index (χ3n) is 3.06. The van der Waals surface area contributed by atoms with Crippen LogP contribution in [0.25, 0.3) is 0 Å². The van der Waals surface area contributed by atoms with Crippen molar-refractivity contribution >= 4 is 0 Å². The Bertz CT molecular complexity index is 304. The summed E-state index contributed by atoms with van der Waals surface area (Å²) < 4.78 is 0. The molecule has 0 aliphatic heterocycles. The maximum Gasteiger partial charge on any atom is 3.00 e. The molecule has 0 bridgehead atoms. The van der Waals surface area contributed by atoms with Crippen molar-refractivity contribution in [3.63, 3.8) is 0 Å². The van der Waals surface area contributed by atoms with Gasteiger partial charge in [-0.15, -0.1) is 5.92 Å². The number of rotatable bonds is 0. The minimum atomic E-state index is 0. The Morgan fingerprint density at radius 2 is 2.08 bits per heavy atom. The van der Waals surface area contributed by atoms with Crippen LogP contribution >= 0.6 is 0 Å². The topological polar surface area (TPSA) is 0 Å². The van der Waals surface area contributed by atoms with Gasteiger partial charge in [0.1, 0.15) is 0 Å². The van der Waals surface area contributed by atoms with Crippen molar-refractivity contribution in [3.8, 4) is 0 Å². The summed E-state index contributed by atoms with van der Waals surface area (Å²) in [5, 5.41) is 0. The van der Waals surface area contributed by atoms with Gasteiger partial charge in [-0.05, 0) is 6.92 Å². The van der Waals surface area contributed by atoms with Crippen molar-refractivity contribution in [1.82, 2.24) is 0 Å². The first-order valence-corrected chi connectivity index (χ1v) is 4.61. The largest absolute Gasteiger partial charge is 3.00 e. The van der Waals surface area contributed by atoms with E-state index in [2.05, 4.69) is 39.0 Å². The van der Waals surface area contributed by atoms with E-state index < -0.39 is 0 Å². The first kappa shape index (κ1) is 11.4. The number of aryl methyl sites for hydroxylation is 1. The first-order chi connectivity index (χ1) is 5.70. The van der Waals surface area contributed by atoms with Crippen molar-refractivity contribution in [1.29, 1.82) is 0 Å². The number of benzene rings is 1. The van der Waals surface area contributed by atoms with E-state index in [1.807, 2.05) is 0 Å². The second-order valence-corrected chi connectivity index (χ2v) is 3.89. The number of hydrogen-bond donors (Lipinski definition) is 0. The number of fused-ring (bicyclic) bond motifs is 1. The van der Waals surface area contributed by atoms with Gasteiger partial charge in [-0.1, -0.05) is 41.8 Å². The standard InChI is InChI=1S/C12H15.Y/c1-8-5-4-6-11-7-9(2)10(3)12(8)11;/h4-6,10H,7H2,1-3H3;/q-1;+3. The Morgan fingerprint density at radius 1 is 1.38 bits per heavy atom. The molecular weight excluding hydrogens is 233 g/mol. The zero-order valence-corrected chi connectivity index (χ0v) is 11.4. The third-order valence-corrected chi connectivity index (χ3v) is 3.06. The van der Waals surface area contributed by atoms with Gasteiger partial charge in [0.2, 0.25) is 0 Å². The van der Waals surface area contributed by atoms with Crippen LogP contribution in [0.5, 0.6) is 0 Å².